The zero-order valence-corrected chi connectivity index (χ0v) is 12.6. The van der Waals surface area contributed by atoms with Gasteiger partial charge in [-0.05, 0) is 20.3 Å². The lowest BCUT2D eigenvalue weighted by Gasteiger charge is -2.24. The van der Waals surface area contributed by atoms with E-state index in [1.165, 1.54) is 13.8 Å². The number of carbonyl (C=O) groups excluding carboxylic acids is 1. The summed E-state index contributed by atoms with van der Waals surface area (Å²) < 4.78 is 64.4. The molecule has 0 radical (unpaired) electrons. The number of carbonyl (C=O) groups is 1. The van der Waals surface area contributed by atoms with E-state index in [9.17, 15) is 22.5 Å². The highest BCUT2D eigenvalue weighted by Crippen LogP contribution is 2.50. The number of ether oxygens (including phenoxy) is 1. The molecule has 0 spiro atoms. The minimum absolute atomic E-state index is 0.0647. The molecule has 0 saturated carbocycles. The van der Waals surface area contributed by atoms with Gasteiger partial charge in [0.05, 0.1) is 19.4 Å². The van der Waals surface area contributed by atoms with E-state index in [0.717, 1.165) is 0 Å². The summed E-state index contributed by atoms with van der Waals surface area (Å²) in [6, 6.07) is 0. The molecule has 0 unspecified atom stereocenters. The van der Waals surface area contributed by atoms with Crippen LogP contribution in [-0.4, -0.2) is 37.6 Å². The average Bonchev–Trinajstić information content (AvgIpc) is 2.27. The van der Waals surface area contributed by atoms with Crippen LogP contribution in [-0.2, 0) is 23.1 Å². The fourth-order valence-electron chi connectivity index (χ4n) is 1.37. The number of esters is 1. The summed E-state index contributed by atoms with van der Waals surface area (Å²) in [6.45, 7) is 4.47. The Bertz CT molecular complexity index is 335. The molecule has 0 aliphatic rings. The molecule has 0 N–H and O–H groups in total. The first-order chi connectivity index (χ1) is 9.18. The first-order valence-electron chi connectivity index (χ1n) is 6.32. The third-order valence-corrected chi connectivity index (χ3v) is 4.22. The molecule has 5 nitrogen and oxygen atoms in total. The van der Waals surface area contributed by atoms with Crippen LogP contribution in [0.15, 0.2) is 0 Å². The number of hydrogen-bond donors (Lipinski definition) is 0. The van der Waals surface area contributed by atoms with Crippen molar-refractivity contribution < 1.29 is 36.3 Å². The van der Waals surface area contributed by atoms with Crippen molar-refractivity contribution in [2.45, 2.75) is 45.9 Å². The fraction of sp³-hybridized carbons (Fsp3) is 0.909. The van der Waals surface area contributed by atoms with Crippen LogP contribution in [0.4, 0.5) is 13.2 Å². The summed E-state index contributed by atoms with van der Waals surface area (Å²) in [7, 11) is -3.94. The number of halogens is 3. The molecule has 0 bridgehead atoms. The number of alkyl halides is 3. The van der Waals surface area contributed by atoms with E-state index < -0.39 is 32.0 Å². The van der Waals surface area contributed by atoms with Gasteiger partial charge >= 0.3 is 19.7 Å². The van der Waals surface area contributed by atoms with Gasteiger partial charge in [0.2, 0.25) is 6.10 Å². The molecule has 0 aromatic rings. The average molecular weight is 320 g/mol. The minimum Gasteiger partial charge on any atom is -0.452 e. The fourth-order valence-corrected chi connectivity index (χ4v) is 3.13. The van der Waals surface area contributed by atoms with Crippen molar-refractivity contribution in [2.75, 3.05) is 19.4 Å². The van der Waals surface area contributed by atoms with Crippen LogP contribution in [0, 0.1) is 0 Å². The molecule has 120 valence electrons. The van der Waals surface area contributed by atoms with E-state index >= 15 is 0 Å². The van der Waals surface area contributed by atoms with Gasteiger partial charge < -0.3 is 13.8 Å². The van der Waals surface area contributed by atoms with Crippen LogP contribution in [0.2, 0.25) is 0 Å². The summed E-state index contributed by atoms with van der Waals surface area (Å²) in [4.78, 5) is 11.2. The molecule has 1 atom stereocenters. The van der Waals surface area contributed by atoms with Crippen molar-refractivity contribution in [2.24, 2.45) is 0 Å². The van der Waals surface area contributed by atoms with Crippen molar-refractivity contribution in [3.8, 4) is 0 Å². The third kappa shape index (κ3) is 7.26. The van der Waals surface area contributed by atoms with Gasteiger partial charge in [0.15, 0.2) is 0 Å². The molecular weight excluding hydrogens is 300 g/mol. The van der Waals surface area contributed by atoms with Crippen LogP contribution in [0.25, 0.3) is 0 Å². The normalized spacial score (nSPS) is 14.1. The van der Waals surface area contributed by atoms with Crippen LogP contribution in [0.5, 0.6) is 0 Å². The van der Waals surface area contributed by atoms with E-state index in [0.29, 0.717) is 6.42 Å². The van der Waals surface area contributed by atoms with Gasteiger partial charge in [0.1, 0.15) is 0 Å². The second-order valence-corrected chi connectivity index (χ2v) is 6.00. The van der Waals surface area contributed by atoms with E-state index in [1.807, 2.05) is 0 Å². The second-order valence-electron chi connectivity index (χ2n) is 3.90. The lowest BCUT2D eigenvalue weighted by atomic mass is 10.3. The highest BCUT2D eigenvalue weighted by Gasteiger charge is 2.47. The number of hydrogen-bond acceptors (Lipinski definition) is 5. The Labute approximate surface area is 116 Å². The monoisotopic (exact) mass is 320 g/mol. The molecule has 0 saturated heterocycles. The first-order valence-corrected chi connectivity index (χ1v) is 8.05. The Kier molecular flexibility index (Phi) is 8.39. The molecule has 0 aromatic heterocycles. The predicted octanol–water partition coefficient (Wildman–Crippen LogP) is 3.53. The van der Waals surface area contributed by atoms with Gasteiger partial charge in [0, 0.05) is 6.42 Å². The van der Waals surface area contributed by atoms with E-state index in [2.05, 4.69) is 4.74 Å². The summed E-state index contributed by atoms with van der Waals surface area (Å²) in [6.07, 6.45) is -8.13. The Hall–Kier alpha value is -0.590. The van der Waals surface area contributed by atoms with Gasteiger partial charge in [-0.1, -0.05) is 6.92 Å². The van der Waals surface area contributed by atoms with E-state index in [-0.39, 0.29) is 19.6 Å². The molecule has 0 heterocycles. The zero-order chi connectivity index (χ0) is 15.8. The molecule has 0 fully saturated rings. The van der Waals surface area contributed by atoms with Crippen molar-refractivity contribution >= 4 is 13.6 Å². The minimum atomic E-state index is -4.83. The summed E-state index contributed by atoms with van der Waals surface area (Å²) in [5, 5.41) is 0. The Morgan fingerprint density at radius 3 is 2.00 bits per heavy atom. The van der Waals surface area contributed by atoms with Gasteiger partial charge in [-0.2, -0.15) is 13.2 Å². The van der Waals surface area contributed by atoms with Crippen LogP contribution in [0.1, 0.15) is 33.6 Å². The SMILES string of the molecule is CCCC(=O)O[C@H](CP(=O)(OCC)OCC)C(F)(F)F. The highest BCUT2D eigenvalue weighted by atomic mass is 31.2. The molecule has 0 aliphatic heterocycles. The predicted molar refractivity (Wildman–Crippen MR) is 66.6 cm³/mol. The number of rotatable bonds is 9. The second kappa shape index (κ2) is 8.64. The van der Waals surface area contributed by atoms with Crippen LogP contribution < -0.4 is 0 Å². The quantitative estimate of drug-likeness (QED) is 0.480. The highest BCUT2D eigenvalue weighted by molar-refractivity contribution is 7.53. The van der Waals surface area contributed by atoms with Gasteiger partial charge in [-0.25, -0.2) is 0 Å². The molecule has 0 rings (SSSR count). The standard InChI is InChI=1S/C11H20F3O5P/c1-4-7-10(15)19-9(11(12,13)14)8-20(16,17-5-2)18-6-3/h9H,4-8H2,1-3H3/t9-/m1/s1. The van der Waals surface area contributed by atoms with Crippen molar-refractivity contribution in [3.05, 3.63) is 0 Å². The van der Waals surface area contributed by atoms with Crippen LogP contribution in [0.3, 0.4) is 0 Å². The Morgan fingerprint density at radius 2 is 1.65 bits per heavy atom. The van der Waals surface area contributed by atoms with Crippen molar-refractivity contribution in [3.63, 3.8) is 0 Å². The van der Waals surface area contributed by atoms with Gasteiger partial charge in [-0.15, -0.1) is 0 Å². The lowest BCUT2D eigenvalue weighted by molar-refractivity contribution is -0.215. The maximum Gasteiger partial charge on any atom is 0.426 e. The van der Waals surface area contributed by atoms with E-state index in [4.69, 9.17) is 9.05 Å². The summed E-state index contributed by atoms with van der Waals surface area (Å²) >= 11 is 0. The largest absolute Gasteiger partial charge is 0.452 e. The Balaban J connectivity index is 4.95. The van der Waals surface area contributed by atoms with E-state index in [1.54, 1.807) is 6.92 Å². The van der Waals surface area contributed by atoms with Crippen molar-refractivity contribution in [1.29, 1.82) is 0 Å². The molecule has 9 heteroatoms. The topological polar surface area (TPSA) is 61.8 Å². The summed E-state index contributed by atoms with van der Waals surface area (Å²) in [5.74, 6) is -0.991. The van der Waals surface area contributed by atoms with Crippen molar-refractivity contribution in [1.82, 2.24) is 0 Å². The molecular formula is C11H20F3O5P. The smallest absolute Gasteiger partial charge is 0.426 e. The molecule has 0 amide bonds. The maximum atomic E-state index is 12.8. The molecule has 20 heavy (non-hydrogen) atoms. The summed E-state index contributed by atoms with van der Waals surface area (Å²) in [5.41, 5.74) is 0. The third-order valence-electron chi connectivity index (χ3n) is 2.13. The lowest BCUT2D eigenvalue weighted by Crippen LogP contribution is -2.37. The Morgan fingerprint density at radius 1 is 1.15 bits per heavy atom. The molecule has 0 aromatic carbocycles. The maximum absolute atomic E-state index is 12.8. The van der Waals surface area contributed by atoms with Gasteiger partial charge in [0.25, 0.3) is 0 Å². The van der Waals surface area contributed by atoms with Gasteiger partial charge in [-0.3, -0.25) is 9.36 Å². The zero-order valence-electron chi connectivity index (χ0n) is 11.7. The first kappa shape index (κ1) is 19.4. The van der Waals surface area contributed by atoms with Crippen LogP contribution >= 0.6 is 7.60 Å². The molecule has 0 aliphatic carbocycles.